The smallest absolute Gasteiger partial charge is 0.250 e. The van der Waals surface area contributed by atoms with Crippen LogP contribution < -0.4 is 16.4 Å². The Morgan fingerprint density at radius 3 is 2.31 bits per heavy atom. The van der Waals surface area contributed by atoms with Crippen LogP contribution in [0.4, 0.5) is 11.4 Å². The molecule has 2 aliphatic heterocycles. The molecule has 1 saturated heterocycles. The van der Waals surface area contributed by atoms with Crippen molar-refractivity contribution < 1.29 is 9.59 Å². The molecule has 2 aromatic carbocycles. The average molecular weight is 350 g/mol. The lowest BCUT2D eigenvalue weighted by Gasteiger charge is -2.44. The molecule has 2 heterocycles. The molecule has 1 atom stereocenters. The summed E-state index contributed by atoms with van der Waals surface area (Å²) in [7, 11) is 0. The molecule has 4 N–H and O–H groups in total. The summed E-state index contributed by atoms with van der Waals surface area (Å²) in [5, 5.41) is 6.38. The Hall–Kier alpha value is -2.86. The first-order valence-corrected chi connectivity index (χ1v) is 8.87. The van der Waals surface area contributed by atoms with Gasteiger partial charge in [-0.3, -0.25) is 9.59 Å². The maximum atomic E-state index is 12.7. The first-order valence-electron chi connectivity index (χ1n) is 8.87. The van der Waals surface area contributed by atoms with Crippen LogP contribution in [-0.4, -0.2) is 35.3 Å². The molecule has 134 valence electrons. The summed E-state index contributed by atoms with van der Waals surface area (Å²) in [6.07, 6.45) is 1.11. The zero-order valence-corrected chi connectivity index (χ0v) is 14.4. The number of para-hydroxylation sites is 2. The summed E-state index contributed by atoms with van der Waals surface area (Å²) in [5.74, 6) is -0.127. The maximum Gasteiger partial charge on any atom is 0.250 e. The third-order valence-corrected chi connectivity index (χ3v) is 5.34. The summed E-state index contributed by atoms with van der Waals surface area (Å²) < 4.78 is 0. The molecule has 0 radical (unpaired) electrons. The minimum absolute atomic E-state index is 0.0318. The van der Waals surface area contributed by atoms with E-state index < -0.39 is 11.6 Å². The highest BCUT2D eigenvalue weighted by atomic mass is 16.2. The van der Waals surface area contributed by atoms with Crippen LogP contribution in [0, 0.1) is 0 Å². The van der Waals surface area contributed by atoms with Gasteiger partial charge in [0.05, 0.1) is 11.4 Å². The maximum absolute atomic E-state index is 12.7. The lowest BCUT2D eigenvalue weighted by molar-refractivity contribution is -0.136. The highest BCUT2D eigenvalue weighted by Crippen LogP contribution is 2.36. The summed E-state index contributed by atoms with van der Waals surface area (Å²) in [6, 6.07) is 16.4. The molecule has 4 rings (SSSR count). The van der Waals surface area contributed by atoms with Gasteiger partial charge in [-0.25, -0.2) is 0 Å². The number of hydrogen-bond acceptors (Lipinski definition) is 4. The van der Waals surface area contributed by atoms with Gasteiger partial charge in [0.1, 0.15) is 11.6 Å². The molecule has 0 aliphatic carbocycles. The van der Waals surface area contributed by atoms with Gasteiger partial charge >= 0.3 is 0 Å². The Bertz CT molecular complexity index is 829. The number of hydrogen-bond donors (Lipinski definition) is 3. The molecule has 0 aromatic heterocycles. The fourth-order valence-electron chi connectivity index (χ4n) is 3.72. The fourth-order valence-corrected chi connectivity index (χ4v) is 3.72. The van der Waals surface area contributed by atoms with Crippen LogP contribution in [0.3, 0.4) is 0 Å². The number of likely N-dealkylation sites (tertiary alicyclic amines) is 1. The number of piperidine rings is 1. The largest absolute Gasteiger partial charge is 0.369 e. The van der Waals surface area contributed by atoms with Crippen LogP contribution in [-0.2, 0) is 9.59 Å². The average Bonchev–Trinajstić information content (AvgIpc) is 2.69. The van der Waals surface area contributed by atoms with E-state index in [2.05, 4.69) is 10.6 Å². The molecule has 0 bridgehead atoms. The standard InChI is InChI=1S/C20H22N4O2/c21-17(14-6-2-1-3-7-14)18(25)24-12-10-20(11-13-24)19(26)22-15-8-4-5-9-16(15)23-20/h1-9,17,23H,10-13,21H2,(H,22,26)/t17-/m0/s1. The second kappa shape index (κ2) is 6.46. The fraction of sp³-hybridized carbons (Fsp3) is 0.300. The quantitative estimate of drug-likeness (QED) is 0.774. The van der Waals surface area contributed by atoms with Crippen LogP contribution in [0.25, 0.3) is 0 Å². The van der Waals surface area contributed by atoms with Gasteiger partial charge in [0.25, 0.3) is 0 Å². The van der Waals surface area contributed by atoms with Gasteiger partial charge in [0.15, 0.2) is 0 Å². The lowest BCUT2D eigenvalue weighted by Crippen LogP contribution is -2.59. The molecule has 26 heavy (non-hydrogen) atoms. The Morgan fingerprint density at radius 1 is 1.00 bits per heavy atom. The lowest BCUT2D eigenvalue weighted by atomic mass is 9.84. The molecule has 1 fully saturated rings. The Kier molecular flexibility index (Phi) is 4.12. The zero-order chi connectivity index (χ0) is 18.1. The number of amides is 2. The van der Waals surface area contributed by atoms with Crippen LogP contribution in [0.15, 0.2) is 54.6 Å². The zero-order valence-electron chi connectivity index (χ0n) is 14.4. The van der Waals surface area contributed by atoms with Gasteiger partial charge < -0.3 is 21.3 Å². The topological polar surface area (TPSA) is 87.5 Å². The van der Waals surface area contributed by atoms with E-state index in [-0.39, 0.29) is 11.8 Å². The predicted molar refractivity (Wildman–Crippen MR) is 101 cm³/mol. The normalized spacial score (nSPS) is 19.3. The first kappa shape index (κ1) is 16.6. The van der Waals surface area contributed by atoms with Crippen LogP contribution in [0.2, 0.25) is 0 Å². The van der Waals surface area contributed by atoms with Gasteiger partial charge in [-0.1, -0.05) is 42.5 Å². The van der Waals surface area contributed by atoms with Crippen molar-refractivity contribution in [3.05, 3.63) is 60.2 Å². The third kappa shape index (κ3) is 2.82. The Balaban J connectivity index is 1.46. The van der Waals surface area contributed by atoms with E-state index in [4.69, 9.17) is 5.73 Å². The predicted octanol–water partition coefficient (Wildman–Crippen LogP) is 2.11. The number of fused-ring (bicyclic) bond motifs is 1. The van der Waals surface area contributed by atoms with Crippen molar-refractivity contribution in [1.29, 1.82) is 0 Å². The van der Waals surface area contributed by atoms with Gasteiger partial charge in [-0.15, -0.1) is 0 Å². The number of rotatable bonds is 2. The summed E-state index contributed by atoms with van der Waals surface area (Å²) in [4.78, 5) is 27.2. The van der Waals surface area contributed by atoms with Gasteiger partial charge in [-0.05, 0) is 30.5 Å². The molecule has 2 aliphatic rings. The first-order chi connectivity index (χ1) is 12.6. The molecule has 2 amide bonds. The molecular formula is C20H22N4O2. The Labute approximate surface area is 152 Å². The molecule has 0 saturated carbocycles. The van der Waals surface area contributed by atoms with Crippen molar-refractivity contribution in [1.82, 2.24) is 4.90 Å². The van der Waals surface area contributed by atoms with E-state index in [0.29, 0.717) is 25.9 Å². The number of nitrogens with one attached hydrogen (secondary N) is 2. The van der Waals surface area contributed by atoms with E-state index in [9.17, 15) is 9.59 Å². The molecule has 2 aromatic rings. The van der Waals surface area contributed by atoms with Gasteiger partial charge in [0.2, 0.25) is 11.8 Å². The highest BCUT2D eigenvalue weighted by Gasteiger charge is 2.45. The summed E-state index contributed by atoms with van der Waals surface area (Å²) in [5.41, 5.74) is 8.01. The van der Waals surface area contributed by atoms with Gasteiger partial charge in [0, 0.05) is 13.1 Å². The number of anilines is 2. The van der Waals surface area contributed by atoms with Crippen molar-refractivity contribution in [2.75, 3.05) is 23.7 Å². The summed E-state index contributed by atoms with van der Waals surface area (Å²) in [6.45, 7) is 1.00. The van der Waals surface area contributed by atoms with Crippen LogP contribution >= 0.6 is 0 Å². The van der Waals surface area contributed by atoms with Crippen molar-refractivity contribution in [2.45, 2.75) is 24.4 Å². The minimum Gasteiger partial charge on any atom is -0.369 e. The van der Waals surface area contributed by atoms with E-state index in [0.717, 1.165) is 16.9 Å². The number of carbonyl (C=O) groups excluding carboxylic acids is 2. The van der Waals surface area contributed by atoms with Crippen molar-refractivity contribution >= 4 is 23.2 Å². The molecule has 6 heteroatoms. The van der Waals surface area contributed by atoms with Crippen molar-refractivity contribution in [2.24, 2.45) is 5.73 Å². The van der Waals surface area contributed by atoms with E-state index in [1.54, 1.807) is 4.90 Å². The van der Waals surface area contributed by atoms with Gasteiger partial charge in [-0.2, -0.15) is 0 Å². The number of benzene rings is 2. The monoisotopic (exact) mass is 350 g/mol. The van der Waals surface area contributed by atoms with Crippen molar-refractivity contribution in [3.8, 4) is 0 Å². The molecule has 6 nitrogen and oxygen atoms in total. The summed E-state index contributed by atoms with van der Waals surface area (Å²) >= 11 is 0. The van der Waals surface area contributed by atoms with Crippen LogP contribution in [0.1, 0.15) is 24.4 Å². The molecule has 1 spiro atoms. The Morgan fingerprint density at radius 2 is 1.62 bits per heavy atom. The second-order valence-corrected chi connectivity index (χ2v) is 6.92. The highest BCUT2D eigenvalue weighted by molar-refractivity contribution is 6.06. The minimum atomic E-state index is -0.667. The van der Waals surface area contributed by atoms with E-state index in [1.165, 1.54) is 0 Å². The number of carbonyl (C=O) groups is 2. The van der Waals surface area contributed by atoms with E-state index >= 15 is 0 Å². The third-order valence-electron chi connectivity index (χ3n) is 5.34. The number of nitrogens with zero attached hydrogens (tertiary/aromatic N) is 1. The molecular weight excluding hydrogens is 328 g/mol. The van der Waals surface area contributed by atoms with Crippen LogP contribution in [0.5, 0.6) is 0 Å². The van der Waals surface area contributed by atoms with Crippen molar-refractivity contribution in [3.63, 3.8) is 0 Å². The number of nitrogens with two attached hydrogens (primary N) is 1. The molecule has 0 unspecified atom stereocenters. The SMILES string of the molecule is N[C@H](C(=O)N1CCC2(CC1)Nc1ccccc1NC2=O)c1ccccc1. The van der Waals surface area contributed by atoms with E-state index in [1.807, 2.05) is 54.6 Å². The second-order valence-electron chi connectivity index (χ2n) is 6.92.